The first-order chi connectivity index (χ1) is 26.7. The Balaban J connectivity index is 0.00000397. The number of nitrogens with zero attached hydrogens (tertiary/aromatic N) is 4. The van der Waals surface area contributed by atoms with Crippen molar-refractivity contribution in [1.29, 1.82) is 0 Å². The molecule has 0 bridgehead atoms. The molecule has 0 unspecified atom stereocenters. The van der Waals surface area contributed by atoms with Crippen molar-refractivity contribution >= 4 is 32.8 Å². The zero-order chi connectivity index (χ0) is 36.1. The van der Waals surface area contributed by atoms with Crippen LogP contribution in [0.15, 0.2) is 195 Å². The molecule has 10 rings (SSSR count). The van der Waals surface area contributed by atoms with E-state index in [1.165, 1.54) is 0 Å². The van der Waals surface area contributed by atoms with Crippen LogP contribution in [0, 0.1) is 12.1 Å². The number of fused-ring (bicyclic) bond motifs is 4. The van der Waals surface area contributed by atoms with Gasteiger partial charge < -0.3 is 4.57 Å². The van der Waals surface area contributed by atoms with Crippen molar-refractivity contribution < 1.29 is 21.1 Å². The van der Waals surface area contributed by atoms with Gasteiger partial charge in [0.05, 0.1) is 0 Å². The van der Waals surface area contributed by atoms with Gasteiger partial charge >= 0.3 is 0 Å². The summed E-state index contributed by atoms with van der Waals surface area (Å²) in [7, 11) is 2.09. The van der Waals surface area contributed by atoms with Crippen LogP contribution in [0.4, 0.5) is 0 Å². The van der Waals surface area contributed by atoms with Gasteiger partial charge in [-0.1, -0.05) is 121 Å². The van der Waals surface area contributed by atoms with Gasteiger partial charge in [-0.25, -0.2) is 14.1 Å². The first kappa shape index (κ1) is 34.4. The normalized spacial score (nSPS) is 11.6. The van der Waals surface area contributed by atoms with Gasteiger partial charge in [-0.2, -0.15) is 30.3 Å². The van der Waals surface area contributed by atoms with Crippen LogP contribution >= 0.6 is 0 Å². The molecular weight excluding hydrogens is 852 g/mol. The van der Waals surface area contributed by atoms with Crippen molar-refractivity contribution in [1.82, 2.24) is 18.7 Å². The van der Waals surface area contributed by atoms with Crippen molar-refractivity contribution in [2.24, 2.45) is 7.05 Å². The van der Waals surface area contributed by atoms with Crippen molar-refractivity contribution in [3.05, 3.63) is 229 Å². The maximum absolute atomic E-state index is 4.98. The van der Waals surface area contributed by atoms with Crippen LogP contribution in [0.25, 0.3) is 55.5 Å². The molecule has 10 aromatic rings. The summed E-state index contributed by atoms with van der Waals surface area (Å²) in [5.41, 5.74) is 11.1. The van der Waals surface area contributed by atoms with Gasteiger partial charge in [-0.3, -0.25) is 0 Å². The molecule has 0 saturated carbocycles. The number of imidazole rings is 1. The summed E-state index contributed by atoms with van der Waals surface area (Å²) < 4.78 is 6.67. The fraction of sp³-hybridized carbons (Fsp3) is 0.0400. The smallest absolute Gasteiger partial charge is 0.188 e. The molecule has 266 valence electrons. The van der Waals surface area contributed by atoms with Crippen LogP contribution in [0.3, 0.4) is 0 Å². The number of rotatable bonds is 7. The van der Waals surface area contributed by atoms with Crippen LogP contribution in [-0.2, 0) is 33.5 Å². The minimum absolute atomic E-state index is 0. The second kappa shape index (κ2) is 14.1. The molecule has 0 aliphatic heterocycles. The third kappa shape index (κ3) is 5.64. The van der Waals surface area contributed by atoms with Gasteiger partial charge in [0.15, 0.2) is 17.4 Å². The molecule has 3 aromatic heterocycles. The van der Waals surface area contributed by atoms with E-state index in [1.807, 2.05) is 6.20 Å². The number of hydrogen-bond donors (Lipinski definition) is 0. The van der Waals surface area contributed by atoms with Crippen molar-refractivity contribution in [2.75, 3.05) is 0 Å². The standard InChI is InChI=1S/C50H35N4.Pt/c1-52-35-53(47-27-14-13-26-46(47)52)42-23-15-22-40(33-42)50(38-18-7-3-8-19-38,39-20-9-4-10-21-39)41-28-29-44-43-24-11-12-25-45(43)54(48(44)34-41)49-32-37(30-31-51-49)36-16-5-2-6-17-36;/h2-32,35H,1H3;/q-1;. The molecule has 0 amide bonds. The summed E-state index contributed by atoms with van der Waals surface area (Å²) in [5.74, 6) is 0.849. The summed E-state index contributed by atoms with van der Waals surface area (Å²) in [4.78, 5) is 4.98. The van der Waals surface area contributed by atoms with E-state index in [0.29, 0.717) is 0 Å². The van der Waals surface area contributed by atoms with E-state index in [2.05, 4.69) is 221 Å². The Labute approximate surface area is 334 Å². The van der Waals surface area contributed by atoms with Crippen LogP contribution in [0.1, 0.15) is 22.3 Å². The maximum Gasteiger partial charge on any atom is 0.188 e. The van der Waals surface area contributed by atoms with E-state index in [-0.39, 0.29) is 21.1 Å². The monoisotopic (exact) mass is 886 g/mol. The Bertz CT molecular complexity index is 2910. The van der Waals surface area contributed by atoms with Gasteiger partial charge in [-0.15, -0.1) is 22.6 Å². The Kier molecular flexibility index (Phi) is 8.85. The summed E-state index contributed by atoms with van der Waals surface area (Å²) in [6, 6.07) is 72.5. The van der Waals surface area contributed by atoms with E-state index in [1.54, 1.807) is 0 Å². The fourth-order valence-electron chi connectivity index (χ4n) is 8.28. The van der Waals surface area contributed by atoms with Gasteiger partial charge in [-0.05, 0) is 58.0 Å². The maximum atomic E-state index is 4.98. The minimum atomic E-state index is -0.765. The molecular formula is C50H35N4Pt-. The topological polar surface area (TPSA) is 27.7 Å². The molecule has 0 saturated heterocycles. The molecule has 0 radical (unpaired) electrons. The zero-order valence-electron chi connectivity index (χ0n) is 30.1. The quantitative estimate of drug-likeness (QED) is 0.116. The molecule has 0 atom stereocenters. The van der Waals surface area contributed by atoms with Gasteiger partial charge in [0, 0.05) is 63.1 Å². The number of aromatic nitrogens is 4. The molecule has 0 aliphatic rings. The fourth-order valence-corrected chi connectivity index (χ4v) is 8.28. The Morgan fingerprint density at radius 2 is 1.15 bits per heavy atom. The van der Waals surface area contributed by atoms with Crippen LogP contribution < -0.4 is 0 Å². The number of hydrogen-bond acceptors (Lipinski definition) is 1. The number of benzene rings is 7. The van der Waals surface area contributed by atoms with Crippen molar-refractivity contribution in [3.8, 4) is 22.6 Å². The van der Waals surface area contributed by atoms with Gasteiger partial charge in [0.25, 0.3) is 0 Å². The molecule has 4 nitrogen and oxygen atoms in total. The van der Waals surface area contributed by atoms with Crippen molar-refractivity contribution in [2.45, 2.75) is 5.41 Å². The Morgan fingerprint density at radius 3 is 1.87 bits per heavy atom. The predicted octanol–water partition coefficient (Wildman–Crippen LogP) is 11.4. The van der Waals surface area contributed by atoms with Crippen molar-refractivity contribution in [3.63, 3.8) is 0 Å². The predicted molar refractivity (Wildman–Crippen MR) is 220 cm³/mol. The molecule has 0 spiro atoms. The largest absolute Gasteiger partial charge is 0.319 e. The van der Waals surface area contributed by atoms with E-state index < -0.39 is 5.41 Å². The van der Waals surface area contributed by atoms with Gasteiger partial charge in [0.1, 0.15) is 5.82 Å². The molecule has 7 aromatic carbocycles. The summed E-state index contributed by atoms with van der Waals surface area (Å²) in [5, 5.41) is 2.29. The molecule has 0 fully saturated rings. The first-order valence-electron chi connectivity index (χ1n) is 18.3. The average Bonchev–Trinajstić information content (AvgIpc) is 3.77. The molecule has 5 heteroatoms. The molecule has 0 N–H and O–H groups in total. The number of aryl methyl sites for hydroxylation is 1. The first-order valence-corrected chi connectivity index (χ1v) is 18.3. The average molecular weight is 887 g/mol. The number of pyridine rings is 1. The van der Waals surface area contributed by atoms with Crippen LogP contribution in [-0.4, -0.2) is 18.7 Å². The number of para-hydroxylation sites is 3. The Hall–Kier alpha value is -6.35. The SMILES string of the molecule is Cn1[cH+]n(-c2[c-]c(C(c3[c-]c4c(cc3)c3ccccc3n4-c3cc(-c4ccccc4)ccn3)(c3ccccc3)c3ccccc3)ccc2)c2ccccc21.[Pt]. The third-order valence-electron chi connectivity index (χ3n) is 10.7. The summed E-state index contributed by atoms with van der Waals surface area (Å²) in [6.45, 7) is 0. The molecule has 3 heterocycles. The van der Waals surface area contributed by atoms with Crippen LogP contribution in [0.5, 0.6) is 0 Å². The minimum Gasteiger partial charge on any atom is -0.319 e. The second-order valence-corrected chi connectivity index (χ2v) is 13.8. The molecule has 0 aliphatic carbocycles. The van der Waals surface area contributed by atoms with E-state index >= 15 is 0 Å². The second-order valence-electron chi connectivity index (χ2n) is 13.8. The van der Waals surface area contributed by atoms with Crippen LogP contribution in [0.2, 0.25) is 0 Å². The van der Waals surface area contributed by atoms with E-state index in [4.69, 9.17) is 4.98 Å². The third-order valence-corrected chi connectivity index (χ3v) is 10.7. The Morgan fingerprint density at radius 1 is 0.527 bits per heavy atom. The zero-order valence-corrected chi connectivity index (χ0v) is 32.4. The summed E-state index contributed by atoms with van der Waals surface area (Å²) >= 11 is 0. The van der Waals surface area contributed by atoms with E-state index in [9.17, 15) is 0 Å². The molecule has 55 heavy (non-hydrogen) atoms. The summed E-state index contributed by atoms with van der Waals surface area (Å²) in [6.07, 6.45) is 4.05. The van der Waals surface area contributed by atoms with E-state index in [0.717, 1.165) is 77.7 Å². The van der Waals surface area contributed by atoms with Gasteiger partial charge in [0.2, 0.25) is 0 Å².